The molecule has 0 spiro atoms. The van der Waals surface area contributed by atoms with Crippen molar-refractivity contribution in [2.45, 2.75) is 13.7 Å². The fraction of sp³-hybridized carbons (Fsp3) is 0.0667. The van der Waals surface area contributed by atoms with Crippen molar-refractivity contribution in [3.05, 3.63) is 55.8 Å². The Morgan fingerprint density at radius 2 is 0.816 bits per heavy atom. The lowest BCUT2D eigenvalue weighted by Gasteiger charge is -2.25. The molecule has 8 rings (SSSR count). The van der Waals surface area contributed by atoms with E-state index in [1.807, 2.05) is 0 Å². The van der Waals surface area contributed by atoms with Crippen molar-refractivity contribution >= 4 is 75.4 Å². The largest absolute Gasteiger partial charge is 0.507 e. The summed E-state index contributed by atoms with van der Waals surface area (Å²) in [5, 5.41) is 63.7. The van der Waals surface area contributed by atoms with Gasteiger partial charge in [0.1, 0.15) is 34.5 Å². The Kier molecular flexibility index (Phi) is 2.49. The van der Waals surface area contributed by atoms with Gasteiger partial charge in [0, 0.05) is 63.4 Å². The Labute approximate surface area is 218 Å². The third-order valence-electron chi connectivity index (χ3n) is 7.85. The zero-order valence-corrected chi connectivity index (χ0v) is 18.8. The molecular weight excluding hydrogens is 488 g/mol. The molecule has 0 amide bonds. The Morgan fingerprint density at radius 1 is 0.421 bits per heavy atom. The molecular formula is C30H16O8. The lowest BCUT2D eigenvalue weighted by molar-refractivity contribution is 0.453. The molecule has 0 aliphatic carbocycles. The van der Waals surface area contributed by atoms with E-state index in [0.717, 1.165) is 24.3 Å². The minimum atomic E-state index is -3.03. The number of rotatable bonds is 0. The number of aromatic hydroxyl groups is 6. The number of fused-ring (bicyclic) bond motifs is 2. The second-order valence-corrected chi connectivity index (χ2v) is 9.62. The third-order valence-corrected chi connectivity index (χ3v) is 7.85. The molecule has 0 aliphatic heterocycles. The van der Waals surface area contributed by atoms with E-state index in [1.54, 1.807) is 0 Å². The first-order valence-electron chi connectivity index (χ1n) is 14.3. The average molecular weight is 510 g/mol. The van der Waals surface area contributed by atoms with Crippen molar-refractivity contribution in [1.29, 1.82) is 0 Å². The molecule has 6 N–H and O–H groups in total. The Balaban J connectivity index is 2.01. The minimum Gasteiger partial charge on any atom is -0.507 e. The van der Waals surface area contributed by atoms with Crippen molar-refractivity contribution in [3.8, 4) is 34.5 Å². The van der Waals surface area contributed by atoms with Gasteiger partial charge in [0.2, 0.25) is 0 Å². The fourth-order valence-electron chi connectivity index (χ4n) is 6.60. The highest BCUT2D eigenvalue weighted by Gasteiger charge is 2.33. The van der Waals surface area contributed by atoms with Gasteiger partial charge in [-0.1, -0.05) is 0 Å². The number of hydrogen-bond acceptors (Lipinski definition) is 8. The molecule has 0 bridgehead atoms. The van der Waals surface area contributed by atoms with Gasteiger partial charge in [0.25, 0.3) is 0 Å². The van der Waals surface area contributed by atoms with Crippen LogP contribution in [0.5, 0.6) is 34.5 Å². The zero-order valence-electron chi connectivity index (χ0n) is 24.8. The Morgan fingerprint density at radius 3 is 1.45 bits per heavy atom. The monoisotopic (exact) mass is 510 g/mol. The molecule has 38 heavy (non-hydrogen) atoms. The molecule has 0 saturated carbocycles. The highest BCUT2D eigenvalue weighted by molar-refractivity contribution is 6.51. The summed E-state index contributed by atoms with van der Waals surface area (Å²) in [6.07, 6.45) is 0. The first kappa shape index (κ1) is 15.8. The van der Waals surface area contributed by atoms with E-state index >= 15 is 0 Å². The first-order valence-corrected chi connectivity index (χ1v) is 11.3. The van der Waals surface area contributed by atoms with Gasteiger partial charge in [-0.2, -0.15) is 0 Å². The summed E-state index contributed by atoms with van der Waals surface area (Å²) >= 11 is 0. The lowest BCUT2D eigenvalue weighted by Crippen LogP contribution is -2.08. The predicted molar refractivity (Wildman–Crippen MR) is 146 cm³/mol. The Hall–Kier alpha value is -5.24. The van der Waals surface area contributed by atoms with Crippen molar-refractivity contribution in [1.82, 2.24) is 0 Å². The second-order valence-electron chi connectivity index (χ2n) is 9.62. The van der Waals surface area contributed by atoms with E-state index in [-0.39, 0.29) is 70.0 Å². The normalized spacial score (nSPS) is 15.8. The van der Waals surface area contributed by atoms with Gasteiger partial charge in [-0.25, -0.2) is 0 Å². The number of phenols is 6. The summed E-state index contributed by atoms with van der Waals surface area (Å²) in [5.41, 5.74) is -2.98. The lowest BCUT2D eigenvalue weighted by atomic mass is 9.78. The minimum absolute atomic E-state index is 0.0747. The van der Waals surface area contributed by atoms with Crippen LogP contribution in [0.2, 0.25) is 0 Å². The number of hydrogen-bond donors (Lipinski definition) is 6. The van der Waals surface area contributed by atoms with E-state index in [9.17, 15) is 40.2 Å². The first-order chi connectivity index (χ1) is 20.5. The standard InChI is InChI=1S/C30H16O8/c1-7-3-9(31)19-23-15(7)16-8(2)4-10(32)20-24(16)28-26-18(12(34)6-14(36)22(26)30(20)38)17-11(33)5-13(35)21(29(19)37)25(17)27(23)28/h3-6,31,34-38H,1-2H3/i1D3,2D3. The van der Waals surface area contributed by atoms with Gasteiger partial charge in [0.15, 0.2) is 10.9 Å². The number of benzene rings is 8. The van der Waals surface area contributed by atoms with Gasteiger partial charge in [0.05, 0.1) is 21.5 Å². The van der Waals surface area contributed by atoms with Crippen LogP contribution >= 0.6 is 0 Å². The van der Waals surface area contributed by atoms with Gasteiger partial charge >= 0.3 is 0 Å². The third kappa shape index (κ3) is 1.93. The molecule has 8 aromatic carbocycles. The number of phenolic OH excluding ortho intramolecular Hbond substituents is 6. The molecule has 0 aliphatic rings. The van der Waals surface area contributed by atoms with Crippen LogP contribution in [-0.4, -0.2) is 30.6 Å². The molecule has 0 aromatic heterocycles. The molecule has 0 unspecified atom stereocenters. The molecule has 184 valence electrons. The van der Waals surface area contributed by atoms with E-state index in [1.165, 1.54) is 0 Å². The van der Waals surface area contributed by atoms with Crippen LogP contribution in [0.1, 0.15) is 19.4 Å². The van der Waals surface area contributed by atoms with Crippen molar-refractivity contribution in [3.63, 3.8) is 0 Å². The van der Waals surface area contributed by atoms with Gasteiger partial charge in [-0.05, 0) is 47.7 Å². The van der Waals surface area contributed by atoms with E-state index in [2.05, 4.69) is 0 Å². The summed E-state index contributed by atoms with van der Waals surface area (Å²) in [4.78, 5) is 27.2. The molecule has 0 heterocycles. The molecule has 0 atom stereocenters. The van der Waals surface area contributed by atoms with Crippen molar-refractivity contribution in [2.24, 2.45) is 0 Å². The van der Waals surface area contributed by atoms with Crippen molar-refractivity contribution < 1.29 is 38.9 Å². The summed E-state index contributed by atoms with van der Waals surface area (Å²) in [7, 11) is 0. The van der Waals surface area contributed by atoms with Crippen LogP contribution in [-0.2, 0) is 0 Å². The molecule has 0 fully saturated rings. The van der Waals surface area contributed by atoms with Crippen LogP contribution in [0.4, 0.5) is 0 Å². The molecule has 8 heteroatoms. The summed E-state index contributed by atoms with van der Waals surface area (Å²) in [5.74, 6) is -4.37. The number of aryl methyl sites for hydroxylation is 2. The Bertz CT molecular complexity index is 2730. The van der Waals surface area contributed by atoms with Crippen molar-refractivity contribution in [2.75, 3.05) is 0 Å². The summed E-state index contributed by atoms with van der Waals surface area (Å²) in [6, 6.07) is 3.19. The zero-order chi connectivity index (χ0) is 31.7. The fourth-order valence-corrected chi connectivity index (χ4v) is 6.60. The maximum atomic E-state index is 13.6. The SMILES string of the molecule is [2H]C([2H])([2H])c1cc(O)c2c(O)c3c(O)cc(=O)c4c5c(O)cc(O)c6c(O)c7c(=O)cc(C([2H])([2H])[2H])c8c1c2c(c34)c(c65)c78. The van der Waals surface area contributed by atoms with E-state index < -0.39 is 75.6 Å². The van der Waals surface area contributed by atoms with Crippen LogP contribution < -0.4 is 10.9 Å². The molecule has 8 aromatic rings. The maximum absolute atomic E-state index is 13.6. The second kappa shape index (κ2) is 6.00. The molecule has 0 radical (unpaired) electrons. The predicted octanol–water partition coefficient (Wildman–Crippen LogP) is 5.08. The summed E-state index contributed by atoms with van der Waals surface area (Å²) < 4.78 is 49.8. The van der Waals surface area contributed by atoms with E-state index in [0.29, 0.717) is 0 Å². The van der Waals surface area contributed by atoms with E-state index in [4.69, 9.17) is 8.22 Å². The van der Waals surface area contributed by atoms with Gasteiger partial charge < -0.3 is 30.6 Å². The quantitative estimate of drug-likeness (QED) is 0.122. The average Bonchev–Trinajstić information content (AvgIpc) is 2.89. The maximum Gasteiger partial charge on any atom is 0.190 e. The van der Waals surface area contributed by atoms with Gasteiger partial charge in [-0.15, -0.1) is 0 Å². The van der Waals surface area contributed by atoms with Gasteiger partial charge in [-0.3, -0.25) is 9.59 Å². The highest BCUT2D eigenvalue weighted by atomic mass is 16.3. The van der Waals surface area contributed by atoms with Crippen LogP contribution in [0.3, 0.4) is 0 Å². The van der Waals surface area contributed by atoms with Crippen LogP contribution in [0.25, 0.3) is 75.4 Å². The molecule has 0 saturated heterocycles. The molecule has 8 nitrogen and oxygen atoms in total. The highest BCUT2D eigenvalue weighted by Crippen LogP contribution is 2.59. The van der Waals surface area contributed by atoms with Crippen LogP contribution in [0.15, 0.2) is 33.9 Å². The summed E-state index contributed by atoms with van der Waals surface area (Å²) in [6.45, 7) is -6.04. The topological polar surface area (TPSA) is 156 Å². The smallest absolute Gasteiger partial charge is 0.190 e. The van der Waals surface area contributed by atoms with Crippen LogP contribution in [0, 0.1) is 13.7 Å².